The van der Waals surface area contributed by atoms with E-state index in [1.54, 1.807) is 6.07 Å². The summed E-state index contributed by atoms with van der Waals surface area (Å²) in [7, 11) is 1.82. The molecule has 2 fully saturated rings. The quantitative estimate of drug-likeness (QED) is 0.191. The number of piperidine rings is 1. The maximum atomic E-state index is 13.6. The molecule has 0 amide bonds. The first-order valence-electron chi connectivity index (χ1n) is 10.3. The zero-order valence-electron chi connectivity index (χ0n) is 16.8. The summed E-state index contributed by atoms with van der Waals surface area (Å²) < 4.78 is 13.6. The van der Waals surface area contributed by atoms with Crippen molar-refractivity contribution >= 4 is 41.7 Å². The second kappa shape index (κ2) is 12.9. The molecule has 158 valence electrons. The number of aliphatic imine (C=N–C) groups is 1. The molecule has 1 aromatic rings. The van der Waals surface area contributed by atoms with Gasteiger partial charge in [-0.15, -0.1) is 35.7 Å². The summed E-state index contributed by atoms with van der Waals surface area (Å²) in [5.74, 6) is 1.52. The van der Waals surface area contributed by atoms with E-state index in [2.05, 4.69) is 20.5 Å². The molecule has 1 aromatic carbocycles. The van der Waals surface area contributed by atoms with Crippen LogP contribution in [0.3, 0.4) is 0 Å². The summed E-state index contributed by atoms with van der Waals surface area (Å²) in [4.78, 5) is 7.76. The molecule has 3 rings (SSSR count). The maximum Gasteiger partial charge on any atom is 0.191 e. The van der Waals surface area contributed by atoms with E-state index in [4.69, 9.17) is 0 Å². The van der Waals surface area contributed by atoms with Gasteiger partial charge in [0.2, 0.25) is 0 Å². The number of halogens is 2. The van der Waals surface area contributed by atoms with Crippen molar-refractivity contribution in [2.75, 3.05) is 32.4 Å². The Morgan fingerprint density at radius 2 is 1.86 bits per heavy atom. The minimum atomic E-state index is -0.144. The van der Waals surface area contributed by atoms with Crippen LogP contribution < -0.4 is 10.6 Å². The van der Waals surface area contributed by atoms with Crippen molar-refractivity contribution in [2.24, 2.45) is 4.99 Å². The molecule has 0 atom stereocenters. The lowest BCUT2D eigenvalue weighted by molar-refractivity contribution is 0.119. The van der Waals surface area contributed by atoms with E-state index in [1.165, 1.54) is 75.9 Å². The van der Waals surface area contributed by atoms with Crippen molar-refractivity contribution in [3.05, 3.63) is 30.1 Å². The molecule has 2 N–H and O–H groups in total. The van der Waals surface area contributed by atoms with Crippen molar-refractivity contribution in [1.82, 2.24) is 15.5 Å². The van der Waals surface area contributed by atoms with Crippen LogP contribution in [0.2, 0.25) is 0 Å². The highest BCUT2D eigenvalue weighted by molar-refractivity contribution is 14.0. The molecule has 0 aromatic heterocycles. The fourth-order valence-corrected chi connectivity index (χ4v) is 4.94. The highest BCUT2D eigenvalue weighted by Gasteiger charge is 2.26. The molecule has 7 heteroatoms. The Labute approximate surface area is 190 Å². The van der Waals surface area contributed by atoms with Gasteiger partial charge in [-0.2, -0.15) is 0 Å². The van der Waals surface area contributed by atoms with Crippen LogP contribution in [0.1, 0.15) is 44.9 Å². The lowest BCUT2D eigenvalue weighted by atomic mass is 9.92. The molecule has 0 radical (unpaired) electrons. The minimum absolute atomic E-state index is 0. The van der Waals surface area contributed by atoms with E-state index in [0.717, 1.165) is 24.3 Å². The standard InChI is InChI=1S/C21H33FN4S.HI/c1-23-21(24-13-16-27-20-10-6-5-9-19(20)22)25-17-11-14-26(15-12-17)18-7-3-2-4-8-18;/h5-6,9-10,17-18H,2-4,7-8,11-16H2,1H3,(H2,23,24,25);1H. The Morgan fingerprint density at radius 3 is 2.54 bits per heavy atom. The first-order chi connectivity index (χ1) is 13.3. The summed E-state index contributed by atoms with van der Waals surface area (Å²) in [6.07, 6.45) is 9.38. The number of rotatable bonds is 6. The minimum Gasteiger partial charge on any atom is -0.356 e. The molecule has 4 nitrogen and oxygen atoms in total. The van der Waals surface area contributed by atoms with Gasteiger partial charge in [-0.3, -0.25) is 4.99 Å². The predicted octanol–water partition coefficient (Wildman–Crippen LogP) is 4.50. The van der Waals surface area contributed by atoms with Gasteiger partial charge in [-0.25, -0.2) is 4.39 Å². The largest absolute Gasteiger partial charge is 0.356 e. The van der Waals surface area contributed by atoms with Crippen molar-refractivity contribution in [1.29, 1.82) is 0 Å². The van der Waals surface area contributed by atoms with Gasteiger partial charge in [0.15, 0.2) is 5.96 Å². The van der Waals surface area contributed by atoms with Gasteiger partial charge in [0.05, 0.1) is 0 Å². The van der Waals surface area contributed by atoms with Crippen LogP contribution in [0.25, 0.3) is 0 Å². The second-order valence-corrected chi connectivity index (χ2v) is 8.66. The Kier molecular flexibility index (Phi) is 10.9. The van der Waals surface area contributed by atoms with E-state index < -0.39 is 0 Å². The van der Waals surface area contributed by atoms with Crippen LogP contribution >= 0.6 is 35.7 Å². The van der Waals surface area contributed by atoms with Gasteiger partial charge < -0.3 is 15.5 Å². The number of benzene rings is 1. The number of hydrogen-bond donors (Lipinski definition) is 2. The van der Waals surface area contributed by atoms with Gasteiger partial charge in [-0.1, -0.05) is 31.4 Å². The number of likely N-dealkylation sites (tertiary alicyclic amines) is 1. The summed E-state index contributed by atoms with van der Waals surface area (Å²) in [5.41, 5.74) is 0. The fraction of sp³-hybridized carbons (Fsp3) is 0.667. The zero-order chi connectivity index (χ0) is 18.9. The average Bonchev–Trinajstić information content (AvgIpc) is 2.72. The Morgan fingerprint density at radius 1 is 1.14 bits per heavy atom. The normalized spacial score (nSPS) is 19.9. The van der Waals surface area contributed by atoms with Crippen molar-refractivity contribution in [3.8, 4) is 0 Å². The molecular formula is C21H34FIN4S. The van der Waals surface area contributed by atoms with E-state index >= 15 is 0 Å². The molecule has 0 spiro atoms. The van der Waals surface area contributed by atoms with Crippen LogP contribution in [-0.4, -0.2) is 55.4 Å². The maximum absolute atomic E-state index is 13.6. The first kappa shape index (κ1) is 23.7. The molecular weight excluding hydrogens is 486 g/mol. The SMILES string of the molecule is CN=C(NCCSc1ccccc1F)NC1CCN(C2CCCCC2)CC1.I. The van der Waals surface area contributed by atoms with E-state index in [1.807, 2.05) is 19.2 Å². The molecule has 2 aliphatic rings. The number of hydrogen-bond acceptors (Lipinski definition) is 3. The lowest BCUT2D eigenvalue weighted by Crippen LogP contribution is -2.51. The van der Waals surface area contributed by atoms with Gasteiger partial charge in [0.25, 0.3) is 0 Å². The van der Waals surface area contributed by atoms with E-state index in [0.29, 0.717) is 10.9 Å². The number of guanidine groups is 1. The molecule has 1 aliphatic heterocycles. The number of thioether (sulfide) groups is 1. The third-order valence-electron chi connectivity index (χ3n) is 5.67. The average molecular weight is 521 g/mol. The summed E-state index contributed by atoms with van der Waals surface area (Å²) in [6.45, 7) is 3.16. The van der Waals surface area contributed by atoms with Crippen LogP contribution in [-0.2, 0) is 0 Å². The van der Waals surface area contributed by atoms with Crippen LogP contribution in [0.15, 0.2) is 34.2 Å². The zero-order valence-corrected chi connectivity index (χ0v) is 20.0. The number of nitrogens with zero attached hydrogens (tertiary/aromatic N) is 2. The summed E-state index contributed by atoms with van der Waals surface area (Å²) >= 11 is 1.53. The smallest absolute Gasteiger partial charge is 0.191 e. The Balaban J connectivity index is 0.00000280. The molecule has 1 saturated carbocycles. The van der Waals surface area contributed by atoms with E-state index in [-0.39, 0.29) is 29.8 Å². The van der Waals surface area contributed by atoms with E-state index in [9.17, 15) is 4.39 Å². The molecule has 1 heterocycles. The summed E-state index contributed by atoms with van der Waals surface area (Å²) in [6, 6.07) is 8.26. The van der Waals surface area contributed by atoms with Gasteiger partial charge >= 0.3 is 0 Å². The Hall–Kier alpha value is -0.540. The van der Waals surface area contributed by atoms with Crippen molar-refractivity contribution in [3.63, 3.8) is 0 Å². The highest BCUT2D eigenvalue weighted by atomic mass is 127. The van der Waals surface area contributed by atoms with Crippen LogP contribution in [0, 0.1) is 5.82 Å². The summed E-state index contributed by atoms with van der Waals surface area (Å²) in [5, 5.41) is 6.93. The molecule has 1 aliphatic carbocycles. The monoisotopic (exact) mass is 520 g/mol. The Bertz CT molecular complexity index is 602. The highest BCUT2D eigenvalue weighted by Crippen LogP contribution is 2.25. The predicted molar refractivity (Wildman–Crippen MR) is 129 cm³/mol. The van der Waals surface area contributed by atoms with Gasteiger partial charge in [0.1, 0.15) is 5.82 Å². The van der Waals surface area contributed by atoms with Crippen LogP contribution in [0.5, 0.6) is 0 Å². The van der Waals surface area contributed by atoms with Gasteiger partial charge in [-0.05, 0) is 37.8 Å². The molecule has 0 unspecified atom stereocenters. The first-order valence-corrected chi connectivity index (χ1v) is 11.3. The third kappa shape index (κ3) is 7.37. The number of nitrogens with one attached hydrogen (secondary N) is 2. The third-order valence-corrected chi connectivity index (χ3v) is 6.72. The fourth-order valence-electron chi connectivity index (χ4n) is 4.14. The molecule has 0 bridgehead atoms. The van der Waals surface area contributed by atoms with Gasteiger partial charge in [0, 0.05) is 49.4 Å². The molecule has 28 heavy (non-hydrogen) atoms. The van der Waals surface area contributed by atoms with Crippen molar-refractivity contribution < 1.29 is 4.39 Å². The molecule has 1 saturated heterocycles. The topological polar surface area (TPSA) is 39.7 Å². The second-order valence-electron chi connectivity index (χ2n) is 7.52. The van der Waals surface area contributed by atoms with Crippen LogP contribution in [0.4, 0.5) is 4.39 Å². The van der Waals surface area contributed by atoms with Crippen molar-refractivity contribution in [2.45, 2.75) is 61.9 Å². The lowest BCUT2D eigenvalue weighted by Gasteiger charge is -2.39.